The van der Waals surface area contributed by atoms with Crippen molar-refractivity contribution >= 4 is 0 Å². The normalized spacial score (nSPS) is 22.3. The third-order valence-corrected chi connectivity index (χ3v) is 4.66. The Bertz CT molecular complexity index is 450. The average Bonchev–Trinajstić information content (AvgIpc) is 2.55. The molecule has 1 aromatic rings. The van der Waals surface area contributed by atoms with E-state index < -0.39 is 0 Å². The summed E-state index contributed by atoms with van der Waals surface area (Å²) in [6.45, 7) is 8.13. The summed E-state index contributed by atoms with van der Waals surface area (Å²) in [7, 11) is 3.92. The van der Waals surface area contributed by atoms with E-state index in [-0.39, 0.29) is 0 Å². The molecule has 0 aromatic heterocycles. The Morgan fingerprint density at radius 1 is 1.36 bits per heavy atom. The Kier molecular flexibility index (Phi) is 6.68. The second kappa shape index (κ2) is 8.51. The van der Waals surface area contributed by atoms with Crippen LogP contribution >= 0.6 is 0 Å². The van der Waals surface area contributed by atoms with Gasteiger partial charge in [0, 0.05) is 24.5 Å². The zero-order chi connectivity index (χ0) is 15.9. The van der Waals surface area contributed by atoms with Crippen LogP contribution in [0.2, 0.25) is 0 Å². The lowest BCUT2D eigenvalue weighted by Crippen LogP contribution is -2.53. The van der Waals surface area contributed by atoms with Gasteiger partial charge in [-0.3, -0.25) is 4.90 Å². The zero-order valence-corrected chi connectivity index (χ0v) is 14.3. The molecule has 0 radical (unpaired) electrons. The molecule has 1 heterocycles. The highest BCUT2D eigenvalue weighted by molar-refractivity contribution is 5.27. The predicted octanol–water partition coefficient (Wildman–Crippen LogP) is 2.53. The van der Waals surface area contributed by atoms with E-state index >= 15 is 0 Å². The number of nitrogens with zero attached hydrogens (tertiary/aromatic N) is 1. The summed E-state index contributed by atoms with van der Waals surface area (Å²) in [5.74, 6) is 1.49. The molecule has 1 aliphatic heterocycles. The molecule has 2 rings (SSSR count). The summed E-state index contributed by atoms with van der Waals surface area (Å²) in [4.78, 5) is 2.46. The highest BCUT2D eigenvalue weighted by Crippen LogP contribution is 2.20. The number of benzene rings is 1. The summed E-state index contributed by atoms with van der Waals surface area (Å²) >= 11 is 0. The van der Waals surface area contributed by atoms with Crippen LogP contribution in [0.1, 0.15) is 25.8 Å². The van der Waals surface area contributed by atoms with Gasteiger partial charge in [-0.05, 0) is 51.6 Å². The third-order valence-electron chi connectivity index (χ3n) is 4.66. The number of piperidine rings is 1. The Labute approximate surface area is 134 Å². The van der Waals surface area contributed by atoms with Crippen LogP contribution in [0.15, 0.2) is 24.3 Å². The first-order valence-corrected chi connectivity index (χ1v) is 8.25. The van der Waals surface area contributed by atoms with E-state index in [0.717, 1.165) is 25.4 Å². The highest BCUT2D eigenvalue weighted by Gasteiger charge is 2.29. The second-order valence-electron chi connectivity index (χ2n) is 6.45. The molecule has 2 unspecified atom stereocenters. The number of rotatable bonds is 7. The smallest absolute Gasteiger partial charge is 0.119 e. The van der Waals surface area contributed by atoms with Gasteiger partial charge < -0.3 is 14.8 Å². The summed E-state index contributed by atoms with van der Waals surface area (Å²) < 4.78 is 11.3. The van der Waals surface area contributed by atoms with Crippen LogP contribution in [-0.2, 0) is 11.3 Å². The van der Waals surface area contributed by atoms with Crippen molar-refractivity contribution in [1.29, 1.82) is 0 Å². The van der Waals surface area contributed by atoms with Gasteiger partial charge in [0.1, 0.15) is 5.75 Å². The lowest BCUT2D eigenvalue weighted by atomic mass is 9.91. The fraction of sp³-hybridized carbons (Fsp3) is 0.667. The first kappa shape index (κ1) is 17.3. The van der Waals surface area contributed by atoms with Crippen molar-refractivity contribution in [3.8, 4) is 5.75 Å². The van der Waals surface area contributed by atoms with E-state index in [1.54, 1.807) is 7.11 Å². The average molecular weight is 306 g/mol. The molecule has 0 saturated carbocycles. The van der Waals surface area contributed by atoms with E-state index in [2.05, 4.69) is 37.2 Å². The van der Waals surface area contributed by atoms with Gasteiger partial charge in [0.25, 0.3) is 0 Å². The minimum absolute atomic E-state index is 0.555. The maximum atomic E-state index is 6.01. The van der Waals surface area contributed by atoms with Crippen LogP contribution in [0.3, 0.4) is 0 Å². The van der Waals surface area contributed by atoms with Crippen LogP contribution in [-0.4, -0.2) is 50.8 Å². The van der Waals surface area contributed by atoms with Crippen molar-refractivity contribution in [1.82, 2.24) is 10.2 Å². The van der Waals surface area contributed by atoms with Crippen molar-refractivity contribution in [2.45, 2.75) is 39.0 Å². The molecule has 0 amide bonds. The number of methoxy groups -OCH3 is 1. The number of ether oxygens (including phenoxy) is 2. The number of hydrogen-bond donors (Lipinski definition) is 1. The fourth-order valence-corrected chi connectivity index (χ4v) is 3.04. The van der Waals surface area contributed by atoms with Gasteiger partial charge in [0.2, 0.25) is 0 Å². The van der Waals surface area contributed by atoms with Gasteiger partial charge in [0.15, 0.2) is 0 Å². The molecule has 124 valence electrons. The molecule has 1 saturated heterocycles. The summed E-state index contributed by atoms with van der Waals surface area (Å²) in [6.07, 6.45) is 1.18. The summed E-state index contributed by atoms with van der Waals surface area (Å²) in [5.41, 5.74) is 1.17. The molecule has 0 spiro atoms. The second-order valence-corrected chi connectivity index (χ2v) is 6.45. The van der Waals surface area contributed by atoms with E-state index in [4.69, 9.17) is 9.47 Å². The number of nitrogens with one attached hydrogen (secondary N) is 1. The van der Waals surface area contributed by atoms with E-state index in [1.807, 2.05) is 18.2 Å². The Morgan fingerprint density at radius 2 is 2.18 bits per heavy atom. The van der Waals surface area contributed by atoms with Crippen LogP contribution < -0.4 is 10.1 Å². The first-order chi connectivity index (χ1) is 10.6. The first-order valence-electron chi connectivity index (χ1n) is 8.25. The number of hydrogen-bond acceptors (Lipinski definition) is 4. The molecule has 22 heavy (non-hydrogen) atoms. The lowest BCUT2D eigenvalue weighted by molar-refractivity contribution is 0.0258. The highest BCUT2D eigenvalue weighted by atomic mass is 16.5. The molecular weight excluding hydrogens is 276 g/mol. The molecule has 1 N–H and O–H groups in total. The standard InChI is InChI=1S/C18H30N2O2/c1-14(2)20(3)18-11-19-9-8-16(18)13-22-12-15-6-5-7-17(10-15)21-4/h5-7,10,14,16,18-19H,8-9,11-13H2,1-4H3. The van der Waals surface area contributed by atoms with Crippen LogP contribution in [0.4, 0.5) is 0 Å². The zero-order valence-electron chi connectivity index (χ0n) is 14.3. The molecule has 1 aliphatic rings. The van der Waals surface area contributed by atoms with Gasteiger partial charge >= 0.3 is 0 Å². The molecule has 4 heteroatoms. The van der Waals surface area contributed by atoms with Gasteiger partial charge in [0.05, 0.1) is 20.3 Å². The Balaban J connectivity index is 1.85. The minimum atomic E-state index is 0.555. The Hall–Kier alpha value is -1.10. The van der Waals surface area contributed by atoms with Crippen molar-refractivity contribution in [2.75, 3.05) is 33.9 Å². The molecule has 4 nitrogen and oxygen atoms in total. The van der Waals surface area contributed by atoms with Crippen molar-refractivity contribution < 1.29 is 9.47 Å². The van der Waals surface area contributed by atoms with Crippen molar-refractivity contribution in [2.24, 2.45) is 5.92 Å². The van der Waals surface area contributed by atoms with Crippen LogP contribution in [0.5, 0.6) is 5.75 Å². The van der Waals surface area contributed by atoms with Crippen LogP contribution in [0, 0.1) is 5.92 Å². The monoisotopic (exact) mass is 306 g/mol. The van der Waals surface area contributed by atoms with E-state index in [9.17, 15) is 0 Å². The fourth-order valence-electron chi connectivity index (χ4n) is 3.04. The molecule has 0 bridgehead atoms. The summed E-state index contributed by atoms with van der Waals surface area (Å²) in [6, 6.07) is 9.22. The van der Waals surface area contributed by atoms with Gasteiger partial charge in [-0.15, -0.1) is 0 Å². The third kappa shape index (κ3) is 4.70. The maximum absolute atomic E-state index is 6.01. The molecule has 2 atom stereocenters. The van der Waals surface area contributed by atoms with Crippen LogP contribution in [0.25, 0.3) is 0 Å². The summed E-state index contributed by atoms with van der Waals surface area (Å²) in [5, 5.41) is 3.51. The maximum Gasteiger partial charge on any atom is 0.119 e. The van der Waals surface area contributed by atoms with Gasteiger partial charge in [-0.2, -0.15) is 0 Å². The minimum Gasteiger partial charge on any atom is -0.497 e. The van der Waals surface area contributed by atoms with Crippen molar-refractivity contribution in [3.05, 3.63) is 29.8 Å². The molecule has 1 fully saturated rings. The molecular formula is C18H30N2O2. The molecule has 0 aliphatic carbocycles. The van der Waals surface area contributed by atoms with Gasteiger partial charge in [-0.1, -0.05) is 12.1 Å². The van der Waals surface area contributed by atoms with Gasteiger partial charge in [-0.25, -0.2) is 0 Å². The largest absolute Gasteiger partial charge is 0.497 e. The van der Waals surface area contributed by atoms with E-state index in [1.165, 1.54) is 12.0 Å². The molecule has 1 aromatic carbocycles. The predicted molar refractivity (Wildman–Crippen MR) is 90.3 cm³/mol. The van der Waals surface area contributed by atoms with Crippen molar-refractivity contribution in [3.63, 3.8) is 0 Å². The topological polar surface area (TPSA) is 33.7 Å². The quantitative estimate of drug-likeness (QED) is 0.839. The SMILES string of the molecule is COc1cccc(COCC2CCNCC2N(C)C(C)C)c1. The van der Waals surface area contributed by atoms with E-state index in [0.29, 0.717) is 24.6 Å². The number of likely N-dealkylation sites (N-methyl/N-ethyl adjacent to an activating group) is 1. The lowest BCUT2D eigenvalue weighted by Gasteiger charge is -2.40. The Morgan fingerprint density at radius 3 is 2.91 bits per heavy atom.